The van der Waals surface area contributed by atoms with Gasteiger partial charge < -0.3 is 5.32 Å². The van der Waals surface area contributed by atoms with Crippen molar-refractivity contribution in [3.05, 3.63) is 16.1 Å². The summed E-state index contributed by atoms with van der Waals surface area (Å²) >= 11 is 7.53. The number of rotatable bonds is 5. The molecule has 6 heteroatoms. The zero-order valence-electron chi connectivity index (χ0n) is 12.1. The molecule has 0 spiro atoms. The van der Waals surface area contributed by atoms with E-state index in [1.807, 2.05) is 5.38 Å². The molecule has 0 aliphatic carbocycles. The van der Waals surface area contributed by atoms with Crippen LogP contribution in [0.1, 0.15) is 42.9 Å². The number of aromatic nitrogens is 1. The number of piperidine rings is 1. The molecule has 0 aromatic carbocycles. The number of likely N-dealkylation sites (tertiary alicyclic amines) is 1. The molecule has 112 valence electrons. The maximum atomic E-state index is 11.7. The highest BCUT2D eigenvalue weighted by molar-refractivity contribution is 7.09. The van der Waals surface area contributed by atoms with Crippen molar-refractivity contribution in [2.75, 3.05) is 20.1 Å². The van der Waals surface area contributed by atoms with Crippen LogP contribution in [0.15, 0.2) is 5.38 Å². The molecule has 0 radical (unpaired) electrons. The van der Waals surface area contributed by atoms with Gasteiger partial charge in [0, 0.05) is 18.3 Å². The van der Waals surface area contributed by atoms with Gasteiger partial charge in [-0.3, -0.25) is 9.69 Å². The Bertz CT molecular complexity index is 443. The van der Waals surface area contributed by atoms with E-state index in [4.69, 9.17) is 11.6 Å². The highest BCUT2D eigenvalue weighted by atomic mass is 35.5. The number of carbonyl (C=O) groups excluding carboxylic acids is 1. The molecule has 0 bridgehead atoms. The summed E-state index contributed by atoms with van der Waals surface area (Å²) in [4.78, 5) is 18.7. The normalized spacial score (nSPS) is 18.9. The average Bonchev–Trinajstić information content (AvgIpc) is 2.96. The van der Waals surface area contributed by atoms with E-state index in [-0.39, 0.29) is 11.8 Å². The third-order valence-corrected chi connectivity index (χ3v) is 5.23. The minimum atomic E-state index is 0.170. The number of carbonyl (C=O) groups is 1. The molecule has 1 aromatic rings. The second-order valence-electron chi connectivity index (χ2n) is 5.16. The molecular weight excluding hydrogens is 294 g/mol. The van der Waals surface area contributed by atoms with Gasteiger partial charge in [-0.25, -0.2) is 4.98 Å². The van der Waals surface area contributed by atoms with Gasteiger partial charge in [-0.15, -0.1) is 22.9 Å². The van der Waals surface area contributed by atoms with Crippen molar-refractivity contribution < 1.29 is 4.79 Å². The lowest BCUT2D eigenvalue weighted by Crippen LogP contribution is -2.41. The SMILES string of the molecule is CCC(c1nc(CCl)cs1)N1CCC(C(=O)NC)CC1. The Balaban J connectivity index is 1.98. The van der Waals surface area contributed by atoms with Crippen LogP contribution in [0, 0.1) is 5.92 Å². The highest BCUT2D eigenvalue weighted by Crippen LogP contribution is 2.31. The summed E-state index contributed by atoms with van der Waals surface area (Å²) in [5.41, 5.74) is 0.963. The lowest BCUT2D eigenvalue weighted by atomic mass is 9.94. The molecule has 1 saturated heterocycles. The lowest BCUT2D eigenvalue weighted by Gasteiger charge is -2.35. The van der Waals surface area contributed by atoms with Crippen LogP contribution >= 0.6 is 22.9 Å². The maximum Gasteiger partial charge on any atom is 0.222 e. The quantitative estimate of drug-likeness (QED) is 0.850. The monoisotopic (exact) mass is 315 g/mol. The van der Waals surface area contributed by atoms with Gasteiger partial charge in [-0.05, 0) is 32.4 Å². The van der Waals surface area contributed by atoms with E-state index in [0.717, 1.165) is 43.1 Å². The van der Waals surface area contributed by atoms with E-state index >= 15 is 0 Å². The average molecular weight is 316 g/mol. The largest absolute Gasteiger partial charge is 0.359 e. The first kappa shape index (κ1) is 15.7. The Morgan fingerprint density at radius 1 is 1.60 bits per heavy atom. The van der Waals surface area contributed by atoms with E-state index in [9.17, 15) is 4.79 Å². The van der Waals surface area contributed by atoms with Crippen molar-refractivity contribution in [3.8, 4) is 0 Å². The van der Waals surface area contributed by atoms with Crippen LogP contribution < -0.4 is 5.32 Å². The molecular formula is C14H22ClN3OS. The van der Waals surface area contributed by atoms with E-state index in [1.165, 1.54) is 0 Å². The van der Waals surface area contributed by atoms with Crippen LogP contribution in [-0.4, -0.2) is 35.9 Å². The van der Waals surface area contributed by atoms with Crippen LogP contribution in [0.25, 0.3) is 0 Å². The molecule has 1 fully saturated rings. The Kier molecular flexibility index (Phi) is 5.81. The molecule has 0 saturated carbocycles. The van der Waals surface area contributed by atoms with Gasteiger partial charge in [0.1, 0.15) is 5.01 Å². The number of amides is 1. The molecule has 2 rings (SSSR count). The molecule has 1 unspecified atom stereocenters. The van der Waals surface area contributed by atoms with Gasteiger partial charge in [0.15, 0.2) is 0 Å². The van der Waals surface area contributed by atoms with Crippen molar-refractivity contribution >= 4 is 28.8 Å². The standard InChI is InChI=1S/C14H22ClN3OS/c1-3-12(14-17-11(8-15)9-20-14)18-6-4-10(5-7-18)13(19)16-2/h9-10,12H,3-8H2,1-2H3,(H,16,19). The molecule has 1 aliphatic heterocycles. The van der Waals surface area contributed by atoms with Crippen molar-refractivity contribution in [2.45, 2.75) is 38.1 Å². The van der Waals surface area contributed by atoms with Gasteiger partial charge in [0.05, 0.1) is 17.6 Å². The Morgan fingerprint density at radius 2 is 2.30 bits per heavy atom. The number of hydrogen-bond acceptors (Lipinski definition) is 4. The highest BCUT2D eigenvalue weighted by Gasteiger charge is 2.29. The van der Waals surface area contributed by atoms with E-state index in [1.54, 1.807) is 18.4 Å². The molecule has 1 aliphatic rings. The van der Waals surface area contributed by atoms with Crippen molar-refractivity contribution in [2.24, 2.45) is 5.92 Å². The predicted octanol–water partition coefficient (Wildman–Crippen LogP) is 2.79. The van der Waals surface area contributed by atoms with Crippen molar-refractivity contribution in [1.29, 1.82) is 0 Å². The summed E-state index contributed by atoms with van der Waals surface area (Å²) in [6.07, 6.45) is 2.91. The molecule has 4 nitrogen and oxygen atoms in total. The molecule has 1 amide bonds. The number of nitrogens with zero attached hydrogens (tertiary/aromatic N) is 2. The van der Waals surface area contributed by atoms with Gasteiger partial charge >= 0.3 is 0 Å². The van der Waals surface area contributed by atoms with Crippen LogP contribution in [-0.2, 0) is 10.7 Å². The Hall–Kier alpha value is -0.650. The van der Waals surface area contributed by atoms with Crippen LogP contribution in [0.3, 0.4) is 0 Å². The molecule has 20 heavy (non-hydrogen) atoms. The summed E-state index contributed by atoms with van der Waals surface area (Å²) in [5.74, 6) is 0.825. The predicted molar refractivity (Wildman–Crippen MR) is 83.1 cm³/mol. The second kappa shape index (κ2) is 7.38. The molecule has 1 atom stereocenters. The topological polar surface area (TPSA) is 45.2 Å². The number of nitrogens with one attached hydrogen (secondary N) is 1. The Labute approximate surface area is 129 Å². The second-order valence-corrected chi connectivity index (χ2v) is 6.32. The van der Waals surface area contributed by atoms with E-state index in [0.29, 0.717) is 11.9 Å². The minimum absolute atomic E-state index is 0.170. The maximum absolute atomic E-state index is 11.7. The molecule has 1 aromatic heterocycles. The number of halogens is 1. The smallest absolute Gasteiger partial charge is 0.222 e. The van der Waals surface area contributed by atoms with Gasteiger partial charge in [0.25, 0.3) is 0 Å². The first-order valence-electron chi connectivity index (χ1n) is 7.15. The summed E-state index contributed by atoms with van der Waals surface area (Å²) in [6.45, 7) is 4.12. The zero-order valence-corrected chi connectivity index (χ0v) is 13.6. The lowest BCUT2D eigenvalue weighted by molar-refractivity contribution is -0.126. The molecule has 2 heterocycles. The number of alkyl halides is 1. The fourth-order valence-corrected chi connectivity index (χ4v) is 4.07. The summed E-state index contributed by atoms with van der Waals surface area (Å²) in [7, 11) is 1.72. The first-order valence-corrected chi connectivity index (χ1v) is 8.56. The van der Waals surface area contributed by atoms with Gasteiger partial charge in [-0.2, -0.15) is 0 Å². The fraction of sp³-hybridized carbons (Fsp3) is 0.714. The van der Waals surface area contributed by atoms with Crippen molar-refractivity contribution in [3.63, 3.8) is 0 Å². The van der Waals surface area contributed by atoms with E-state index in [2.05, 4.69) is 22.1 Å². The van der Waals surface area contributed by atoms with Crippen LogP contribution in [0.4, 0.5) is 0 Å². The van der Waals surface area contributed by atoms with Crippen molar-refractivity contribution in [1.82, 2.24) is 15.2 Å². The van der Waals surface area contributed by atoms with Gasteiger partial charge in [-0.1, -0.05) is 6.92 Å². The third-order valence-electron chi connectivity index (χ3n) is 3.97. The number of hydrogen-bond donors (Lipinski definition) is 1. The third kappa shape index (κ3) is 3.51. The Morgan fingerprint density at radius 3 is 2.80 bits per heavy atom. The van der Waals surface area contributed by atoms with Gasteiger partial charge in [0.2, 0.25) is 5.91 Å². The molecule has 1 N–H and O–H groups in total. The first-order chi connectivity index (χ1) is 9.69. The summed E-state index contributed by atoms with van der Waals surface area (Å²) in [6, 6.07) is 0.364. The summed E-state index contributed by atoms with van der Waals surface area (Å²) < 4.78 is 0. The number of thiazole rings is 1. The minimum Gasteiger partial charge on any atom is -0.359 e. The summed E-state index contributed by atoms with van der Waals surface area (Å²) in [5, 5.41) is 5.95. The van der Waals surface area contributed by atoms with Crippen LogP contribution in [0.2, 0.25) is 0 Å². The fourth-order valence-electron chi connectivity index (χ4n) is 2.80. The zero-order chi connectivity index (χ0) is 14.5. The van der Waals surface area contributed by atoms with Crippen LogP contribution in [0.5, 0.6) is 0 Å². The van der Waals surface area contributed by atoms with E-state index < -0.39 is 0 Å².